The molecule has 0 atom stereocenters. The van der Waals surface area contributed by atoms with Crippen LogP contribution < -0.4 is 11.1 Å². The Bertz CT molecular complexity index is 1500. The summed E-state index contributed by atoms with van der Waals surface area (Å²) in [5.74, 6) is 0.0146. The number of amides is 1. The SMILES string of the molecule is Nc1ncc(Cl)n2c(C34CCC(CO)(CC3)OC4)nc(-c3ccc(C(=O)Nc4ccccn4)cc3F)c12. The number of imidazole rings is 1. The van der Waals surface area contributed by atoms with Crippen molar-refractivity contribution in [3.05, 3.63) is 71.2 Å². The van der Waals surface area contributed by atoms with Gasteiger partial charge in [-0.1, -0.05) is 17.7 Å². The second kappa shape index (κ2) is 8.76. The van der Waals surface area contributed by atoms with Crippen LogP contribution in [0, 0.1) is 5.82 Å². The van der Waals surface area contributed by atoms with Crippen LogP contribution in [0.15, 0.2) is 48.8 Å². The minimum atomic E-state index is -0.639. The number of benzene rings is 1. The monoisotopic (exact) mass is 522 g/mol. The first kappa shape index (κ1) is 23.8. The number of rotatable bonds is 5. The first-order chi connectivity index (χ1) is 17.8. The molecule has 4 N–H and O–H groups in total. The number of aromatic nitrogens is 4. The number of halogens is 2. The van der Waals surface area contributed by atoms with Crippen LogP contribution in [0.25, 0.3) is 16.8 Å². The maximum absolute atomic E-state index is 15.5. The van der Waals surface area contributed by atoms with Crippen molar-refractivity contribution in [2.75, 3.05) is 24.3 Å². The lowest BCUT2D eigenvalue weighted by Gasteiger charge is -2.51. The number of aliphatic hydroxyl groups is 1. The van der Waals surface area contributed by atoms with Crippen LogP contribution >= 0.6 is 11.6 Å². The Morgan fingerprint density at radius 1 is 1.22 bits per heavy atom. The number of aliphatic hydroxyl groups excluding tert-OH is 1. The number of nitrogens with zero attached hydrogens (tertiary/aromatic N) is 4. The van der Waals surface area contributed by atoms with Gasteiger partial charge in [0.25, 0.3) is 5.91 Å². The molecule has 1 saturated carbocycles. The molecule has 1 aliphatic carbocycles. The lowest BCUT2D eigenvalue weighted by atomic mass is 9.66. The summed E-state index contributed by atoms with van der Waals surface area (Å²) in [7, 11) is 0. The molecule has 4 aromatic rings. The molecule has 0 spiro atoms. The fourth-order valence-electron chi connectivity index (χ4n) is 5.38. The van der Waals surface area contributed by atoms with E-state index in [4.69, 9.17) is 27.1 Å². The minimum Gasteiger partial charge on any atom is -0.393 e. The zero-order chi connectivity index (χ0) is 25.8. The maximum atomic E-state index is 15.5. The number of nitrogens with two attached hydrogens (primary N) is 1. The van der Waals surface area contributed by atoms with Crippen LogP contribution in [-0.2, 0) is 10.2 Å². The number of hydrogen-bond donors (Lipinski definition) is 3. The molecule has 7 rings (SSSR count). The first-order valence-corrected chi connectivity index (χ1v) is 12.3. The Morgan fingerprint density at radius 2 is 2.03 bits per heavy atom. The molecular formula is C26H24ClFN6O3. The largest absolute Gasteiger partial charge is 0.393 e. The van der Waals surface area contributed by atoms with Crippen LogP contribution in [-0.4, -0.2) is 49.2 Å². The van der Waals surface area contributed by atoms with Gasteiger partial charge in [0.2, 0.25) is 0 Å². The number of carbonyl (C=O) groups is 1. The zero-order valence-corrected chi connectivity index (χ0v) is 20.5. The number of hydrogen-bond acceptors (Lipinski definition) is 7. The average molecular weight is 523 g/mol. The summed E-state index contributed by atoms with van der Waals surface area (Å²) >= 11 is 6.60. The lowest BCUT2D eigenvalue weighted by molar-refractivity contribution is -0.177. The van der Waals surface area contributed by atoms with E-state index < -0.39 is 22.7 Å². The molecular weight excluding hydrogens is 499 g/mol. The second-order valence-electron chi connectivity index (χ2n) is 9.71. The number of pyridine rings is 1. The van der Waals surface area contributed by atoms with Crippen molar-refractivity contribution in [3.63, 3.8) is 0 Å². The Hall–Kier alpha value is -3.60. The van der Waals surface area contributed by atoms with Gasteiger partial charge in [0.1, 0.15) is 39.6 Å². The molecule has 2 bridgehead atoms. The van der Waals surface area contributed by atoms with Crippen LogP contribution in [0.4, 0.5) is 16.0 Å². The van der Waals surface area contributed by atoms with E-state index in [0.717, 1.165) is 18.9 Å². The highest BCUT2D eigenvalue weighted by Gasteiger charge is 2.52. The molecule has 1 amide bonds. The van der Waals surface area contributed by atoms with Gasteiger partial charge >= 0.3 is 0 Å². The molecule has 0 radical (unpaired) electrons. The summed E-state index contributed by atoms with van der Waals surface area (Å²) in [4.78, 5) is 25.8. The lowest BCUT2D eigenvalue weighted by Crippen LogP contribution is -2.55. The molecule has 2 aliphatic heterocycles. The van der Waals surface area contributed by atoms with Crippen molar-refractivity contribution >= 4 is 34.7 Å². The Morgan fingerprint density at radius 3 is 2.68 bits per heavy atom. The van der Waals surface area contributed by atoms with Crippen molar-refractivity contribution in [1.82, 2.24) is 19.4 Å². The Balaban J connectivity index is 1.42. The van der Waals surface area contributed by atoms with E-state index in [-0.39, 0.29) is 29.2 Å². The van der Waals surface area contributed by atoms with E-state index >= 15 is 4.39 Å². The van der Waals surface area contributed by atoms with Gasteiger partial charge in [-0.2, -0.15) is 0 Å². The Labute approximate surface area is 216 Å². The normalized spacial score (nSPS) is 22.9. The molecule has 3 aliphatic rings. The standard InChI is InChI=1S/C26H24ClFN6O3/c27-18-12-31-22(29)21-20(33-24(34(18)21)25-6-8-26(13-35,9-7-25)37-14-25)16-5-4-15(11-17(16)28)23(36)32-19-3-1-2-10-30-19/h1-5,10-12,35H,6-9,13-14H2,(H2,29,31)(H,30,32,36). The second-order valence-corrected chi connectivity index (χ2v) is 10.1. The predicted molar refractivity (Wildman–Crippen MR) is 136 cm³/mol. The summed E-state index contributed by atoms with van der Waals surface area (Å²) in [6.07, 6.45) is 5.83. The van der Waals surface area contributed by atoms with Gasteiger partial charge in [-0.25, -0.2) is 19.3 Å². The fraction of sp³-hybridized carbons (Fsp3) is 0.308. The highest BCUT2D eigenvalue weighted by atomic mass is 35.5. The van der Waals surface area contributed by atoms with Crippen LogP contribution in [0.1, 0.15) is 41.9 Å². The summed E-state index contributed by atoms with van der Waals surface area (Å²) in [6, 6.07) is 9.30. The molecule has 0 unspecified atom stereocenters. The number of nitrogen functional groups attached to an aromatic ring is 1. The van der Waals surface area contributed by atoms with Crippen molar-refractivity contribution < 1.29 is 19.0 Å². The number of carbonyl (C=O) groups excluding carboxylic acids is 1. The van der Waals surface area contributed by atoms with Crippen LogP contribution in [0.3, 0.4) is 0 Å². The first-order valence-electron chi connectivity index (χ1n) is 11.9. The topological polar surface area (TPSA) is 128 Å². The van der Waals surface area contributed by atoms with Gasteiger partial charge in [-0.05, 0) is 56.0 Å². The summed E-state index contributed by atoms with van der Waals surface area (Å²) < 4.78 is 23.4. The van der Waals surface area contributed by atoms with Gasteiger partial charge in [0.05, 0.1) is 30.4 Å². The summed E-state index contributed by atoms with van der Waals surface area (Å²) in [6.45, 7) is 0.333. The molecule has 37 heavy (non-hydrogen) atoms. The minimum absolute atomic E-state index is 0.0280. The van der Waals surface area contributed by atoms with E-state index in [9.17, 15) is 9.90 Å². The molecule has 5 heterocycles. The van der Waals surface area contributed by atoms with E-state index in [0.29, 0.717) is 41.8 Å². The molecule has 190 valence electrons. The highest BCUT2D eigenvalue weighted by Crippen LogP contribution is 2.51. The van der Waals surface area contributed by atoms with Gasteiger partial charge in [-0.3, -0.25) is 9.20 Å². The van der Waals surface area contributed by atoms with Crippen molar-refractivity contribution in [3.8, 4) is 11.3 Å². The quantitative estimate of drug-likeness (QED) is 0.361. The number of nitrogens with one attached hydrogen (secondary N) is 1. The molecule has 2 saturated heterocycles. The maximum Gasteiger partial charge on any atom is 0.256 e. The van der Waals surface area contributed by atoms with Gasteiger partial charge in [-0.15, -0.1) is 0 Å². The third-order valence-corrected chi connectivity index (χ3v) is 7.84. The molecule has 3 fully saturated rings. The molecule has 11 heteroatoms. The molecule has 1 aromatic carbocycles. The van der Waals surface area contributed by atoms with Gasteiger partial charge in [0, 0.05) is 17.3 Å². The number of fused-ring (bicyclic) bond motifs is 4. The third-order valence-electron chi connectivity index (χ3n) is 7.57. The van der Waals surface area contributed by atoms with E-state index in [2.05, 4.69) is 15.3 Å². The van der Waals surface area contributed by atoms with Gasteiger partial charge in [0.15, 0.2) is 0 Å². The fourth-order valence-corrected chi connectivity index (χ4v) is 5.59. The number of ether oxygens (including phenoxy) is 1. The van der Waals surface area contributed by atoms with Crippen LogP contribution in [0.5, 0.6) is 0 Å². The molecule has 3 aromatic heterocycles. The molecule has 9 nitrogen and oxygen atoms in total. The summed E-state index contributed by atoms with van der Waals surface area (Å²) in [5.41, 5.74) is 6.27. The van der Waals surface area contributed by atoms with E-state index in [1.54, 1.807) is 28.8 Å². The van der Waals surface area contributed by atoms with Gasteiger partial charge < -0.3 is 20.9 Å². The zero-order valence-electron chi connectivity index (χ0n) is 19.7. The van der Waals surface area contributed by atoms with Crippen molar-refractivity contribution in [1.29, 1.82) is 0 Å². The number of anilines is 2. The highest BCUT2D eigenvalue weighted by molar-refractivity contribution is 6.30. The Kier molecular flexibility index (Phi) is 5.63. The smallest absolute Gasteiger partial charge is 0.256 e. The van der Waals surface area contributed by atoms with Crippen molar-refractivity contribution in [2.24, 2.45) is 0 Å². The van der Waals surface area contributed by atoms with E-state index in [1.165, 1.54) is 18.3 Å². The predicted octanol–water partition coefficient (Wildman–Crippen LogP) is 3.99. The van der Waals surface area contributed by atoms with E-state index in [1.807, 2.05) is 0 Å². The average Bonchev–Trinajstić information content (AvgIpc) is 3.35. The summed E-state index contributed by atoms with van der Waals surface area (Å²) in [5, 5.41) is 12.8. The van der Waals surface area contributed by atoms with Crippen LogP contribution in [0.2, 0.25) is 5.15 Å². The third kappa shape index (κ3) is 3.83. The van der Waals surface area contributed by atoms with Crippen molar-refractivity contribution in [2.45, 2.75) is 36.7 Å².